The Labute approximate surface area is 171 Å². The van der Waals surface area contributed by atoms with Crippen LogP contribution in [0.25, 0.3) is 11.0 Å². The van der Waals surface area contributed by atoms with Crippen molar-refractivity contribution in [3.8, 4) is 0 Å². The van der Waals surface area contributed by atoms with E-state index in [4.69, 9.17) is 9.72 Å². The van der Waals surface area contributed by atoms with Crippen molar-refractivity contribution in [3.05, 3.63) is 30.5 Å². The second-order valence-corrected chi connectivity index (χ2v) is 8.27. The van der Waals surface area contributed by atoms with Crippen LogP contribution in [0.2, 0.25) is 0 Å². The van der Waals surface area contributed by atoms with Crippen LogP contribution < -0.4 is 4.90 Å². The van der Waals surface area contributed by atoms with Crippen LogP contribution >= 0.6 is 0 Å². The van der Waals surface area contributed by atoms with E-state index in [9.17, 15) is 4.79 Å². The molecule has 7 heteroatoms. The molecule has 2 aromatic rings. The Morgan fingerprint density at radius 1 is 0.931 bits per heavy atom. The summed E-state index contributed by atoms with van der Waals surface area (Å²) >= 11 is 0. The number of piperazine rings is 1. The number of hydrogen-bond donors (Lipinski definition) is 0. The number of para-hydroxylation sites is 2. The number of fused-ring (bicyclic) bond motifs is 1. The van der Waals surface area contributed by atoms with E-state index in [1.54, 1.807) is 0 Å². The van der Waals surface area contributed by atoms with E-state index in [0.717, 1.165) is 88.5 Å². The van der Waals surface area contributed by atoms with E-state index < -0.39 is 0 Å². The summed E-state index contributed by atoms with van der Waals surface area (Å²) in [6.07, 6.45) is 5.91. The maximum absolute atomic E-state index is 13.2. The molecule has 0 bridgehead atoms. The van der Waals surface area contributed by atoms with Crippen molar-refractivity contribution < 1.29 is 9.53 Å². The molecule has 1 atom stereocenters. The van der Waals surface area contributed by atoms with Gasteiger partial charge in [-0.1, -0.05) is 12.1 Å². The topological polar surface area (TPSA) is 61.8 Å². The number of anilines is 1. The standard InChI is InChI=1S/C22H29N5O2/c28-22-20(6-3-9-27(22)17-7-14-29-15-8-17)25-10-12-26(13-11-25)21-16-23-18-4-1-2-5-19(18)24-21/h1-2,4-5,16-17,20H,3,6-15H2/t20-/m1/s1. The average Bonchev–Trinajstić information content (AvgIpc) is 2.80. The highest BCUT2D eigenvalue weighted by molar-refractivity contribution is 5.83. The number of carbonyl (C=O) groups excluding carboxylic acids is 1. The third kappa shape index (κ3) is 3.81. The first kappa shape index (κ1) is 18.8. The second kappa shape index (κ2) is 8.24. The molecule has 0 spiro atoms. The summed E-state index contributed by atoms with van der Waals surface area (Å²) in [6, 6.07) is 8.39. The second-order valence-electron chi connectivity index (χ2n) is 8.27. The molecule has 3 aliphatic heterocycles. The van der Waals surface area contributed by atoms with Gasteiger partial charge >= 0.3 is 0 Å². The Morgan fingerprint density at radius 3 is 2.48 bits per heavy atom. The van der Waals surface area contributed by atoms with Gasteiger partial charge in [0.25, 0.3) is 0 Å². The quantitative estimate of drug-likeness (QED) is 0.791. The minimum atomic E-state index is 0.0384. The average molecular weight is 396 g/mol. The molecule has 7 nitrogen and oxygen atoms in total. The lowest BCUT2D eigenvalue weighted by Gasteiger charge is -2.45. The Hall–Kier alpha value is -2.25. The predicted molar refractivity (Wildman–Crippen MR) is 112 cm³/mol. The molecular formula is C22H29N5O2. The van der Waals surface area contributed by atoms with Crippen molar-refractivity contribution in [2.24, 2.45) is 0 Å². The molecule has 1 amide bonds. The van der Waals surface area contributed by atoms with Crippen molar-refractivity contribution in [3.63, 3.8) is 0 Å². The Kier molecular flexibility index (Phi) is 5.33. The van der Waals surface area contributed by atoms with Gasteiger partial charge in [0, 0.05) is 52.0 Å². The normalized spacial score (nSPS) is 25.0. The van der Waals surface area contributed by atoms with Crippen LogP contribution in [0.1, 0.15) is 25.7 Å². The number of amides is 1. The highest BCUT2D eigenvalue weighted by atomic mass is 16.5. The molecule has 3 saturated heterocycles. The largest absolute Gasteiger partial charge is 0.381 e. The highest BCUT2D eigenvalue weighted by Gasteiger charge is 2.38. The van der Waals surface area contributed by atoms with Crippen molar-refractivity contribution >= 4 is 22.8 Å². The Balaban J connectivity index is 1.23. The number of likely N-dealkylation sites (tertiary alicyclic amines) is 1. The van der Waals surface area contributed by atoms with Gasteiger partial charge in [-0.15, -0.1) is 0 Å². The molecule has 3 aliphatic rings. The van der Waals surface area contributed by atoms with Crippen LogP contribution in [0.5, 0.6) is 0 Å². The smallest absolute Gasteiger partial charge is 0.240 e. The number of aromatic nitrogens is 2. The number of piperidine rings is 1. The van der Waals surface area contributed by atoms with Crippen molar-refractivity contribution in [1.29, 1.82) is 0 Å². The van der Waals surface area contributed by atoms with Gasteiger partial charge in [0.15, 0.2) is 0 Å². The molecule has 0 aliphatic carbocycles. The minimum Gasteiger partial charge on any atom is -0.381 e. The zero-order chi connectivity index (χ0) is 19.6. The molecule has 3 fully saturated rings. The van der Waals surface area contributed by atoms with Gasteiger partial charge in [-0.3, -0.25) is 14.7 Å². The maximum atomic E-state index is 13.2. The monoisotopic (exact) mass is 395 g/mol. The molecule has 0 radical (unpaired) electrons. The Bertz CT molecular complexity index is 861. The molecule has 1 aromatic carbocycles. The molecule has 1 aromatic heterocycles. The first-order valence-corrected chi connectivity index (χ1v) is 10.9. The minimum absolute atomic E-state index is 0.0384. The number of hydrogen-bond acceptors (Lipinski definition) is 6. The van der Waals surface area contributed by atoms with Crippen molar-refractivity contribution in [2.45, 2.75) is 37.8 Å². The summed E-state index contributed by atoms with van der Waals surface area (Å²) in [6.45, 7) is 6.03. The van der Waals surface area contributed by atoms with Gasteiger partial charge in [0.1, 0.15) is 5.82 Å². The zero-order valence-corrected chi connectivity index (χ0v) is 16.9. The van der Waals surface area contributed by atoms with Crippen LogP contribution in [-0.2, 0) is 9.53 Å². The van der Waals surface area contributed by atoms with Gasteiger partial charge < -0.3 is 14.5 Å². The fourth-order valence-corrected chi connectivity index (χ4v) is 4.94. The lowest BCUT2D eigenvalue weighted by Crippen LogP contribution is -2.59. The molecule has 5 rings (SSSR count). The van der Waals surface area contributed by atoms with E-state index in [-0.39, 0.29) is 6.04 Å². The summed E-state index contributed by atoms with van der Waals surface area (Å²) < 4.78 is 5.48. The molecule has 29 heavy (non-hydrogen) atoms. The van der Waals surface area contributed by atoms with Gasteiger partial charge in [-0.2, -0.15) is 0 Å². The van der Waals surface area contributed by atoms with Gasteiger partial charge in [-0.25, -0.2) is 4.98 Å². The van der Waals surface area contributed by atoms with Crippen LogP contribution in [0.15, 0.2) is 30.5 Å². The summed E-state index contributed by atoms with van der Waals surface area (Å²) in [5.41, 5.74) is 1.86. The molecular weight excluding hydrogens is 366 g/mol. The lowest BCUT2D eigenvalue weighted by atomic mass is 9.97. The van der Waals surface area contributed by atoms with Crippen molar-refractivity contribution in [2.75, 3.05) is 50.8 Å². The van der Waals surface area contributed by atoms with Gasteiger partial charge in [-0.05, 0) is 37.8 Å². The number of nitrogens with zero attached hydrogens (tertiary/aromatic N) is 5. The first-order valence-electron chi connectivity index (χ1n) is 10.9. The van der Waals surface area contributed by atoms with Crippen LogP contribution in [0, 0.1) is 0 Å². The summed E-state index contributed by atoms with van der Waals surface area (Å²) in [5.74, 6) is 1.27. The van der Waals surface area contributed by atoms with Crippen LogP contribution in [-0.4, -0.2) is 83.7 Å². The summed E-state index contributed by atoms with van der Waals surface area (Å²) in [7, 11) is 0. The summed E-state index contributed by atoms with van der Waals surface area (Å²) in [4.78, 5) is 29.4. The lowest BCUT2D eigenvalue weighted by molar-refractivity contribution is -0.145. The first-order chi connectivity index (χ1) is 14.3. The molecule has 154 valence electrons. The van der Waals surface area contributed by atoms with E-state index in [0.29, 0.717) is 11.9 Å². The fraction of sp³-hybridized carbons (Fsp3) is 0.591. The zero-order valence-electron chi connectivity index (χ0n) is 16.9. The SMILES string of the molecule is O=C1[C@H](N2CCN(c3cnc4ccccc4n3)CC2)CCCN1C1CCOCC1. The summed E-state index contributed by atoms with van der Waals surface area (Å²) in [5, 5.41) is 0. The molecule has 4 heterocycles. The van der Waals surface area contributed by atoms with Crippen LogP contribution in [0.4, 0.5) is 5.82 Å². The number of benzene rings is 1. The molecule has 0 N–H and O–H groups in total. The van der Waals surface area contributed by atoms with E-state index in [1.165, 1.54) is 0 Å². The van der Waals surface area contributed by atoms with Gasteiger partial charge in [0.2, 0.25) is 5.91 Å². The van der Waals surface area contributed by atoms with E-state index in [2.05, 4.69) is 19.7 Å². The molecule has 0 saturated carbocycles. The maximum Gasteiger partial charge on any atom is 0.240 e. The third-order valence-corrected chi connectivity index (χ3v) is 6.59. The Morgan fingerprint density at radius 2 is 1.69 bits per heavy atom. The third-order valence-electron chi connectivity index (χ3n) is 6.59. The molecule has 0 unspecified atom stereocenters. The van der Waals surface area contributed by atoms with Crippen LogP contribution in [0.3, 0.4) is 0 Å². The van der Waals surface area contributed by atoms with E-state index >= 15 is 0 Å². The van der Waals surface area contributed by atoms with Gasteiger partial charge in [0.05, 0.1) is 23.3 Å². The number of carbonyl (C=O) groups is 1. The van der Waals surface area contributed by atoms with Crippen molar-refractivity contribution in [1.82, 2.24) is 19.8 Å². The number of ether oxygens (including phenoxy) is 1. The van der Waals surface area contributed by atoms with E-state index in [1.807, 2.05) is 30.5 Å². The highest BCUT2D eigenvalue weighted by Crippen LogP contribution is 2.25. The fourth-order valence-electron chi connectivity index (χ4n) is 4.94. The predicted octanol–water partition coefficient (Wildman–Crippen LogP) is 1.92. The number of rotatable bonds is 3.